The van der Waals surface area contributed by atoms with E-state index in [0.29, 0.717) is 6.04 Å². The molecule has 0 aliphatic heterocycles. The van der Waals surface area contributed by atoms with E-state index in [1.807, 2.05) is 19.2 Å². The van der Waals surface area contributed by atoms with Gasteiger partial charge in [-0.2, -0.15) is 0 Å². The van der Waals surface area contributed by atoms with Crippen LogP contribution in [0.5, 0.6) is 0 Å². The Hall–Kier alpha value is -1.09. The Kier molecular flexibility index (Phi) is 4.00. The molecule has 94 valence electrons. The largest absolute Gasteiger partial charge is 0.354 e. The van der Waals surface area contributed by atoms with E-state index >= 15 is 0 Å². The van der Waals surface area contributed by atoms with Crippen molar-refractivity contribution in [2.24, 2.45) is 5.73 Å². The van der Waals surface area contributed by atoms with Crippen molar-refractivity contribution in [2.45, 2.75) is 51.6 Å². The lowest BCUT2D eigenvalue weighted by molar-refractivity contribution is 0.612. The third-order valence-corrected chi connectivity index (χ3v) is 3.70. The zero-order chi connectivity index (χ0) is 12.3. The molecule has 3 heteroatoms. The molecule has 1 aromatic rings. The molecule has 0 saturated heterocycles. The first-order chi connectivity index (χ1) is 8.22. The quantitative estimate of drug-likeness (QED) is 0.869. The molecule has 1 aliphatic rings. The van der Waals surface area contributed by atoms with E-state index in [1.54, 1.807) is 0 Å². The molecule has 1 heterocycles. The summed E-state index contributed by atoms with van der Waals surface area (Å²) in [6.45, 7) is 5.25. The highest BCUT2D eigenvalue weighted by Crippen LogP contribution is 2.27. The summed E-state index contributed by atoms with van der Waals surface area (Å²) in [5.41, 5.74) is 7.10. The first kappa shape index (κ1) is 12.4. The molecule has 0 amide bonds. The lowest BCUT2D eigenvalue weighted by atomic mass is 10.1. The van der Waals surface area contributed by atoms with Crippen molar-refractivity contribution in [2.75, 3.05) is 11.4 Å². The minimum Gasteiger partial charge on any atom is -0.354 e. The minimum absolute atomic E-state index is 0.0824. The second-order valence-corrected chi connectivity index (χ2v) is 4.96. The molecular weight excluding hydrogens is 210 g/mol. The molecule has 1 saturated carbocycles. The van der Waals surface area contributed by atoms with Gasteiger partial charge >= 0.3 is 0 Å². The van der Waals surface area contributed by atoms with Gasteiger partial charge in [-0.25, -0.2) is 4.98 Å². The summed E-state index contributed by atoms with van der Waals surface area (Å²) in [4.78, 5) is 6.94. The fourth-order valence-electron chi connectivity index (χ4n) is 2.70. The third-order valence-electron chi connectivity index (χ3n) is 3.70. The smallest absolute Gasteiger partial charge is 0.129 e. The summed E-state index contributed by atoms with van der Waals surface area (Å²) in [6, 6.07) is 4.92. The van der Waals surface area contributed by atoms with E-state index < -0.39 is 0 Å². The van der Waals surface area contributed by atoms with Crippen LogP contribution >= 0.6 is 0 Å². The van der Waals surface area contributed by atoms with Gasteiger partial charge in [0.2, 0.25) is 0 Å². The van der Waals surface area contributed by atoms with Gasteiger partial charge in [0, 0.05) is 24.8 Å². The van der Waals surface area contributed by atoms with Gasteiger partial charge in [0.05, 0.1) is 0 Å². The third kappa shape index (κ3) is 2.78. The fourth-order valence-corrected chi connectivity index (χ4v) is 2.70. The average molecular weight is 233 g/mol. The maximum atomic E-state index is 5.93. The van der Waals surface area contributed by atoms with Crippen LogP contribution in [0.3, 0.4) is 0 Å². The first-order valence-corrected chi connectivity index (χ1v) is 6.70. The van der Waals surface area contributed by atoms with Gasteiger partial charge in [-0.05, 0) is 44.4 Å². The zero-order valence-corrected chi connectivity index (χ0v) is 10.9. The molecule has 1 aliphatic carbocycles. The summed E-state index contributed by atoms with van der Waals surface area (Å²) in [5.74, 6) is 1.09. The Bertz CT molecular complexity index is 356. The van der Waals surface area contributed by atoms with Crippen molar-refractivity contribution in [3.8, 4) is 0 Å². The van der Waals surface area contributed by atoms with E-state index in [1.165, 1.54) is 31.2 Å². The molecule has 1 fully saturated rings. The Morgan fingerprint density at radius 3 is 2.76 bits per heavy atom. The molecule has 2 N–H and O–H groups in total. The van der Waals surface area contributed by atoms with E-state index in [-0.39, 0.29) is 6.04 Å². The van der Waals surface area contributed by atoms with Crippen molar-refractivity contribution >= 4 is 5.82 Å². The van der Waals surface area contributed by atoms with E-state index in [4.69, 9.17) is 5.73 Å². The summed E-state index contributed by atoms with van der Waals surface area (Å²) >= 11 is 0. The molecule has 3 nitrogen and oxygen atoms in total. The van der Waals surface area contributed by atoms with Crippen LogP contribution in [0.4, 0.5) is 5.82 Å². The Balaban J connectivity index is 2.20. The zero-order valence-electron chi connectivity index (χ0n) is 10.9. The molecule has 2 rings (SSSR count). The van der Waals surface area contributed by atoms with Gasteiger partial charge in [-0.15, -0.1) is 0 Å². The highest BCUT2D eigenvalue weighted by atomic mass is 15.2. The first-order valence-electron chi connectivity index (χ1n) is 6.70. The molecule has 0 bridgehead atoms. The number of rotatable bonds is 4. The van der Waals surface area contributed by atoms with Gasteiger partial charge in [0.15, 0.2) is 0 Å². The molecule has 1 atom stereocenters. The summed E-state index contributed by atoms with van der Waals surface area (Å²) < 4.78 is 0. The number of hydrogen-bond acceptors (Lipinski definition) is 3. The number of hydrogen-bond donors (Lipinski definition) is 1. The molecule has 0 spiro atoms. The summed E-state index contributed by atoms with van der Waals surface area (Å²) in [5, 5.41) is 0. The van der Waals surface area contributed by atoms with Crippen LogP contribution in [-0.2, 0) is 0 Å². The van der Waals surface area contributed by atoms with Crippen LogP contribution < -0.4 is 10.6 Å². The minimum atomic E-state index is 0.0824. The number of nitrogens with two attached hydrogens (primary N) is 1. The average Bonchev–Trinajstić information content (AvgIpc) is 2.84. The number of aromatic nitrogens is 1. The van der Waals surface area contributed by atoms with Crippen molar-refractivity contribution in [1.29, 1.82) is 0 Å². The van der Waals surface area contributed by atoms with Gasteiger partial charge in [-0.1, -0.05) is 12.8 Å². The summed E-state index contributed by atoms with van der Waals surface area (Å²) in [6.07, 6.45) is 7.20. The molecule has 1 aromatic heterocycles. The lowest BCUT2D eigenvalue weighted by Gasteiger charge is -2.29. The van der Waals surface area contributed by atoms with Crippen LogP contribution in [0.2, 0.25) is 0 Å². The topological polar surface area (TPSA) is 42.1 Å². The molecule has 0 aromatic carbocycles. The molecule has 17 heavy (non-hydrogen) atoms. The van der Waals surface area contributed by atoms with Crippen LogP contribution in [0.1, 0.15) is 51.1 Å². The standard InChI is InChI=1S/C14H23N3/c1-3-17(13-6-4-5-7-13)14-10-12(11(2)15)8-9-16-14/h8-11,13H,3-7,15H2,1-2H3. The summed E-state index contributed by atoms with van der Waals surface area (Å²) in [7, 11) is 0. The van der Waals surface area contributed by atoms with Crippen LogP contribution in [0.15, 0.2) is 18.3 Å². The van der Waals surface area contributed by atoms with Crippen LogP contribution in [-0.4, -0.2) is 17.6 Å². The fraction of sp³-hybridized carbons (Fsp3) is 0.643. The lowest BCUT2D eigenvalue weighted by Crippen LogP contribution is -2.33. The molecule has 0 radical (unpaired) electrons. The van der Waals surface area contributed by atoms with E-state index in [2.05, 4.69) is 22.9 Å². The van der Waals surface area contributed by atoms with Gasteiger partial charge in [0.25, 0.3) is 0 Å². The maximum Gasteiger partial charge on any atom is 0.129 e. The van der Waals surface area contributed by atoms with Crippen LogP contribution in [0.25, 0.3) is 0 Å². The SMILES string of the molecule is CCN(c1cc(C(C)N)ccn1)C1CCCC1. The maximum absolute atomic E-state index is 5.93. The number of anilines is 1. The van der Waals surface area contributed by atoms with Crippen molar-refractivity contribution in [1.82, 2.24) is 4.98 Å². The predicted octanol–water partition coefficient (Wildman–Crippen LogP) is 2.87. The number of pyridine rings is 1. The van der Waals surface area contributed by atoms with Gasteiger partial charge in [0.1, 0.15) is 5.82 Å². The van der Waals surface area contributed by atoms with Crippen molar-refractivity contribution in [3.05, 3.63) is 23.9 Å². The normalized spacial score (nSPS) is 18.3. The van der Waals surface area contributed by atoms with Gasteiger partial charge < -0.3 is 10.6 Å². The highest BCUT2D eigenvalue weighted by Gasteiger charge is 2.22. The monoisotopic (exact) mass is 233 g/mol. The van der Waals surface area contributed by atoms with Crippen LogP contribution in [0, 0.1) is 0 Å². The second-order valence-electron chi connectivity index (χ2n) is 4.96. The molecule has 1 unspecified atom stereocenters. The van der Waals surface area contributed by atoms with Gasteiger partial charge in [-0.3, -0.25) is 0 Å². The Morgan fingerprint density at radius 2 is 2.18 bits per heavy atom. The highest BCUT2D eigenvalue weighted by molar-refractivity contribution is 5.43. The van der Waals surface area contributed by atoms with Crippen molar-refractivity contribution < 1.29 is 0 Å². The molecular formula is C14H23N3. The van der Waals surface area contributed by atoms with E-state index in [0.717, 1.165) is 12.4 Å². The Morgan fingerprint density at radius 1 is 1.47 bits per heavy atom. The predicted molar refractivity (Wildman–Crippen MR) is 72.1 cm³/mol. The second kappa shape index (κ2) is 5.50. The van der Waals surface area contributed by atoms with Crippen molar-refractivity contribution in [3.63, 3.8) is 0 Å². The Labute approximate surface area is 104 Å². The number of nitrogens with zero attached hydrogens (tertiary/aromatic N) is 2. The van der Waals surface area contributed by atoms with E-state index in [9.17, 15) is 0 Å².